The van der Waals surface area contributed by atoms with Gasteiger partial charge in [-0.05, 0) is 77.8 Å². The normalized spacial score (nSPS) is 21.4. The fourth-order valence-corrected chi connectivity index (χ4v) is 5.84. The molecule has 2 aliphatic rings. The van der Waals surface area contributed by atoms with E-state index in [0.29, 0.717) is 36.6 Å². The zero-order valence-corrected chi connectivity index (χ0v) is 21.3. The van der Waals surface area contributed by atoms with Crippen LogP contribution in [0.2, 0.25) is 0 Å². The number of halogens is 1. The Bertz CT molecular complexity index is 585. The quantitative estimate of drug-likeness (QED) is 0.139. The molecular weight excluding hydrogens is 414 g/mol. The first-order chi connectivity index (χ1) is 14.6. The summed E-state index contributed by atoms with van der Waals surface area (Å²) in [6.07, 6.45) is 11.5. The third-order valence-corrected chi connectivity index (χ3v) is 8.32. The molecule has 180 valence electrons. The number of hydrogen-bond acceptors (Lipinski definition) is 4. The highest BCUT2D eigenvalue weighted by Crippen LogP contribution is 2.49. The Morgan fingerprint density at radius 1 is 1.00 bits per heavy atom. The number of quaternary nitrogens is 1. The van der Waals surface area contributed by atoms with Gasteiger partial charge in [0.25, 0.3) is 0 Å². The SMILES string of the molecule is CC[N+](CC)(CCOC(=O)C1(C2CCCCC2)CCCCC1)C(Cl)OC(=O)C(C)(C)C. The van der Waals surface area contributed by atoms with Gasteiger partial charge in [0, 0.05) is 0 Å². The number of carbonyl (C=O) groups excluding carboxylic acids is 2. The highest BCUT2D eigenvalue weighted by Gasteiger charge is 2.47. The summed E-state index contributed by atoms with van der Waals surface area (Å²) in [4.78, 5) is 25.8. The van der Waals surface area contributed by atoms with Crippen molar-refractivity contribution < 1.29 is 23.5 Å². The van der Waals surface area contributed by atoms with Gasteiger partial charge in [-0.25, -0.2) is 0 Å². The molecule has 0 radical (unpaired) electrons. The fourth-order valence-electron chi connectivity index (χ4n) is 5.39. The van der Waals surface area contributed by atoms with Gasteiger partial charge < -0.3 is 9.47 Å². The number of alkyl halides is 1. The number of nitrogens with zero attached hydrogens (tertiary/aromatic N) is 1. The largest absolute Gasteiger partial charge is 0.459 e. The van der Waals surface area contributed by atoms with Crippen LogP contribution in [-0.2, 0) is 19.1 Å². The number of ether oxygens (including phenoxy) is 2. The molecule has 0 aromatic heterocycles. The van der Waals surface area contributed by atoms with Gasteiger partial charge in [-0.3, -0.25) is 14.1 Å². The topological polar surface area (TPSA) is 52.6 Å². The smallest absolute Gasteiger partial charge is 0.316 e. The summed E-state index contributed by atoms with van der Waals surface area (Å²) in [7, 11) is 0. The molecule has 0 aromatic carbocycles. The number of hydrogen-bond donors (Lipinski definition) is 0. The zero-order valence-electron chi connectivity index (χ0n) is 20.5. The highest BCUT2D eigenvalue weighted by molar-refractivity contribution is 6.19. The van der Waals surface area contributed by atoms with Crippen LogP contribution in [0.5, 0.6) is 0 Å². The first-order valence-corrected chi connectivity index (χ1v) is 12.9. The van der Waals surface area contributed by atoms with Crippen LogP contribution < -0.4 is 0 Å². The maximum absolute atomic E-state index is 13.4. The van der Waals surface area contributed by atoms with Crippen LogP contribution in [0.4, 0.5) is 0 Å². The van der Waals surface area contributed by atoms with Crippen LogP contribution in [0.1, 0.15) is 98.8 Å². The lowest BCUT2D eigenvalue weighted by Crippen LogP contribution is -2.57. The lowest BCUT2D eigenvalue weighted by atomic mass is 9.62. The van der Waals surface area contributed by atoms with E-state index in [1.165, 1.54) is 25.7 Å². The third kappa shape index (κ3) is 6.37. The third-order valence-electron chi connectivity index (χ3n) is 7.82. The number of rotatable bonds is 9. The molecule has 1 atom stereocenters. The second-order valence-electron chi connectivity index (χ2n) is 10.7. The van der Waals surface area contributed by atoms with Crippen molar-refractivity contribution in [3.8, 4) is 0 Å². The second kappa shape index (κ2) is 11.4. The molecule has 5 nitrogen and oxygen atoms in total. The summed E-state index contributed by atoms with van der Waals surface area (Å²) in [5.41, 5.74) is -1.68. The summed E-state index contributed by atoms with van der Waals surface area (Å²) in [6, 6.07) is 0. The summed E-state index contributed by atoms with van der Waals surface area (Å²) >= 11 is 6.61. The summed E-state index contributed by atoms with van der Waals surface area (Å²) in [5.74, 6) is 0.161. The van der Waals surface area contributed by atoms with E-state index in [2.05, 4.69) is 0 Å². The molecule has 0 aromatic rings. The van der Waals surface area contributed by atoms with Crippen LogP contribution >= 0.6 is 11.6 Å². The lowest BCUT2D eigenvalue weighted by Gasteiger charge is -2.43. The molecule has 1 unspecified atom stereocenters. The lowest BCUT2D eigenvalue weighted by molar-refractivity contribution is -0.953. The second-order valence-corrected chi connectivity index (χ2v) is 11.1. The molecule has 0 N–H and O–H groups in total. The predicted octanol–water partition coefficient (Wildman–Crippen LogP) is 6.03. The van der Waals surface area contributed by atoms with Crippen LogP contribution in [-0.4, -0.2) is 48.3 Å². The van der Waals surface area contributed by atoms with Crippen molar-refractivity contribution in [2.24, 2.45) is 16.7 Å². The number of esters is 2. The van der Waals surface area contributed by atoms with Gasteiger partial charge in [0.2, 0.25) is 0 Å². The minimum atomic E-state index is -0.789. The summed E-state index contributed by atoms with van der Waals surface area (Å²) in [5, 5.41) is 0. The molecule has 2 fully saturated rings. The van der Waals surface area contributed by atoms with Crippen LogP contribution in [0, 0.1) is 16.7 Å². The molecule has 0 spiro atoms. The minimum Gasteiger partial charge on any atom is -0.459 e. The Morgan fingerprint density at radius 3 is 2.06 bits per heavy atom. The van der Waals surface area contributed by atoms with E-state index in [1.54, 1.807) is 0 Å². The molecule has 0 aliphatic heterocycles. The van der Waals surface area contributed by atoms with Crippen LogP contribution in [0.25, 0.3) is 0 Å². The van der Waals surface area contributed by atoms with E-state index >= 15 is 0 Å². The van der Waals surface area contributed by atoms with Gasteiger partial charge in [-0.1, -0.05) is 38.5 Å². The van der Waals surface area contributed by atoms with Crippen molar-refractivity contribution in [3.63, 3.8) is 0 Å². The Balaban J connectivity index is 2.03. The van der Waals surface area contributed by atoms with Gasteiger partial charge in [-0.2, -0.15) is 0 Å². The maximum atomic E-state index is 13.4. The zero-order chi connectivity index (χ0) is 23.1. The van der Waals surface area contributed by atoms with Gasteiger partial charge in [-0.15, -0.1) is 0 Å². The first kappa shape index (κ1) is 26.4. The molecule has 0 amide bonds. The Morgan fingerprint density at radius 2 is 1.55 bits per heavy atom. The van der Waals surface area contributed by atoms with Gasteiger partial charge in [0.15, 0.2) is 0 Å². The van der Waals surface area contributed by atoms with E-state index < -0.39 is 11.1 Å². The Labute approximate surface area is 194 Å². The number of likely N-dealkylation sites (N-methyl/N-ethyl adjacent to an activating group) is 1. The molecule has 2 saturated carbocycles. The van der Waals surface area contributed by atoms with Crippen LogP contribution in [0.3, 0.4) is 0 Å². The number of carbonyl (C=O) groups is 2. The van der Waals surface area contributed by atoms with Gasteiger partial charge in [0.05, 0.1) is 23.9 Å². The molecule has 6 heteroatoms. The van der Waals surface area contributed by atoms with E-state index in [1.807, 2.05) is 34.6 Å². The Kier molecular flexibility index (Phi) is 9.69. The van der Waals surface area contributed by atoms with Crippen molar-refractivity contribution in [1.29, 1.82) is 0 Å². The van der Waals surface area contributed by atoms with Crippen molar-refractivity contribution in [2.45, 2.75) is 105 Å². The first-order valence-electron chi connectivity index (χ1n) is 12.5. The highest BCUT2D eigenvalue weighted by atomic mass is 35.5. The van der Waals surface area contributed by atoms with Crippen molar-refractivity contribution in [3.05, 3.63) is 0 Å². The van der Waals surface area contributed by atoms with Crippen LogP contribution in [0.15, 0.2) is 0 Å². The summed E-state index contributed by atoms with van der Waals surface area (Å²) in [6.45, 7) is 11.8. The molecule has 0 bridgehead atoms. The molecule has 2 aliphatic carbocycles. The van der Waals surface area contributed by atoms with E-state index in [9.17, 15) is 9.59 Å². The predicted molar refractivity (Wildman–Crippen MR) is 124 cm³/mol. The standard InChI is InChI=1S/C25H45ClNO4/c1-6-27(7-2,23(26)31-21(28)24(3,4)5)18-19-30-22(29)25(16-12-9-13-17-25)20-14-10-8-11-15-20/h20,23H,6-19H2,1-5H3/q+1. The average molecular weight is 459 g/mol. The van der Waals surface area contributed by atoms with E-state index in [0.717, 1.165) is 38.5 Å². The molecular formula is C25H45ClNO4+. The van der Waals surface area contributed by atoms with Crippen molar-refractivity contribution >= 4 is 23.5 Å². The molecule has 31 heavy (non-hydrogen) atoms. The average Bonchev–Trinajstić information content (AvgIpc) is 2.77. The van der Waals surface area contributed by atoms with Crippen molar-refractivity contribution in [2.75, 3.05) is 26.2 Å². The van der Waals surface area contributed by atoms with Gasteiger partial charge in [0.1, 0.15) is 13.2 Å². The Hall–Kier alpha value is -0.810. The molecule has 0 heterocycles. The maximum Gasteiger partial charge on any atom is 0.316 e. The van der Waals surface area contributed by atoms with E-state index in [4.69, 9.17) is 21.1 Å². The van der Waals surface area contributed by atoms with Gasteiger partial charge >= 0.3 is 17.6 Å². The van der Waals surface area contributed by atoms with Crippen molar-refractivity contribution in [1.82, 2.24) is 0 Å². The molecule has 2 rings (SSSR count). The van der Waals surface area contributed by atoms with E-state index in [-0.39, 0.29) is 17.4 Å². The monoisotopic (exact) mass is 458 g/mol. The summed E-state index contributed by atoms with van der Waals surface area (Å²) < 4.78 is 12.0. The molecule has 0 saturated heterocycles. The fraction of sp³-hybridized carbons (Fsp3) is 0.920. The minimum absolute atomic E-state index is 0.00205.